The van der Waals surface area contributed by atoms with Gasteiger partial charge in [-0.25, -0.2) is 4.39 Å². The second kappa shape index (κ2) is 9.76. The first kappa shape index (κ1) is 24.2. The number of halogens is 2. The average Bonchev–Trinajstić information content (AvgIpc) is 2.83. The van der Waals surface area contributed by atoms with Gasteiger partial charge in [0.15, 0.2) is 5.78 Å². The fraction of sp³-hybridized carbons (Fsp3) is 0.192. The maximum absolute atomic E-state index is 14.9. The highest BCUT2D eigenvalue weighted by Gasteiger charge is 2.48. The third-order valence-corrected chi connectivity index (χ3v) is 6.38. The van der Waals surface area contributed by atoms with Gasteiger partial charge in [-0.2, -0.15) is 0 Å². The van der Waals surface area contributed by atoms with E-state index in [9.17, 15) is 23.9 Å². The Morgan fingerprint density at radius 1 is 1.09 bits per heavy atom. The van der Waals surface area contributed by atoms with Crippen LogP contribution in [0, 0.1) is 11.2 Å². The van der Waals surface area contributed by atoms with Gasteiger partial charge in [-0.15, -0.1) is 0 Å². The van der Waals surface area contributed by atoms with E-state index in [1.54, 1.807) is 48.5 Å². The van der Waals surface area contributed by atoms with Gasteiger partial charge in [-0.3, -0.25) is 14.4 Å². The van der Waals surface area contributed by atoms with Crippen molar-refractivity contribution in [2.24, 2.45) is 11.1 Å². The molecule has 3 aromatic rings. The van der Waals surface area contributed by atoms with Gasteiger partial charge in [0.25, 0.3) is 5.91 Å². The molecule has 180 valence electrons. The summed E-state index contributed by atoms with van der Waals surface area (Å²) in [6.07, 6.45) is 0.487. The number of phenolic OH excluding ortho intramolecular Hbond substituents is 1. The number of fused-ring (bicyclic) bond motifs is 1. The number of aromatic hydroxyl groups is 1. The number of carbonyl (C=O) groups is 3. The third kappa shape index (κ3) is 4.97. The first-order chi connectivity index (χ1) is 16.7. The molecule has 35 heavy (non-hydrogen) atoms. The molecule has 0 bridgehead atoms. The van der Waals surface area contributed by atoms with E-state index >= 15 is 0 Å². The molecule has 5 N–H and O–H groups in total. The monoisotopic (exact) mass is 495 g/mol. The summed E-state index contributed by atoms with van der Waals surface area (Å²) in [6, 6.07) is 15.5. The van der Waals surface area contributed by atoms with E-state index < -0.39 is 28.8 Å². The van der Waals surface area contributed by atoms with Gasteiger partial charge < -0.3 is 21.5 Å². The molecule has 0 aromatic heterocycles. The zero-order valence-corrected chi connectivity index (χ0v) is 19.4. The lowest BCUT2D eigenvalue weighted by molar-refractivity contribution is -0.124. The van der Waals surface area contributed by atoms with Crippen molar-refractivity contribution in [2.45, 2.75) is 12.8 Å². The Morgan fingerprint density at radius 3 is 2.40 bits per heavy atom. The summed E-state index contributed by atoms with van der Waals surface area (Å²) in [7, 11) is 0. The highest BCUT2D eigenvalue weighted by Crippen LogP contribution is 2.37. The number of nitrogens with two attached hydrogens (primary N) is 1. The van der Waals surface area contributed by atoms with Gasteiger partial charge in [0, 0.05) is 29.2 Å². The number of rotatable bonds is 7. The first-order valence-electron chi connectivity index (χ1n) is 10.9. The summed E-state index contributed by atoms with van der Waals surface area (Å²) >= 11 is 5.93. The summed E-state index contributed by atoms with van der Waals surface area (Å²) in [5, 5.41) is 15.4. The molecule has 1 unspecified atom stereocenters. The minimum atomic E-state index is -1.65. The van der Waals surface area contributed by atoms with Crippen LogP contribution in [0.1, 0.15) is 31.8 Å². The van der Waals surface area contributed by atoms with Crippen molar-refractivity contribution in [3.8, 4) is 5.75 Å². The fourth-order valence-corrected chi connectivity index (χ4v) is 4.26. The van der Waals surface area contributed by atoms with Crippen LogP contribution in [0.15, 0.2) is 60.7 Å². The van der Waals surface area contributed by atoms with Crippen LogP contribution in [-0.2, 0) is 17.6 Å². The van der Waals surface area contributed by atoms with Crippen molar-refractivity contribution >= 4 is 34.9 Å². The number of nitrogens with one attached hydrogen (secondary N) is 2. The first-order valence-corrected chi connectivity index (χ1v) is 11.3. The van der Waals surface area contributed by atoms with Gasteiger partial charge in [0.1, 0.15) is 17.0 Å². The summed E-state index contributed by atoms with van der Waals surface area (Å²) in [5.74, 6) is -2.69. The zero-order chi connectivity index (χ0) is 25.2. The Morgan fingerprint density at radius 2 is 1.74 bits per heavy atom. The molecule has 0 spiro atoms. The Balaban J connectivity index is 1.56. The Bertz CT molecular complexity index is 1300. The van der Waals surface area contributed by atoms with Crippen LogP contribution in [0.3, 0.4) is 0 Å². The molecule has 2 amide bonds. The van der Waals surface area contributed by atoms with Gasteiger partial charge in [0.2, 0.25) is 5.91 Å². The Labute approximate surface area is 206 Å². The average molecular weight is 496 g/mol. The summed E-state index contributed by atoms with van der Waals surface area (Å²) < 4.78 is 14.9. The lowest BCUT2D eigenvalue weighted by atomic mass is 9.72. The molecule has 0 radical (unpaired) electrons. The van der Waals surface area contributed by atoms with Gasteiger partial charge in [-0.1, -0.05) is 35.9 Å². The molecule has 1 atom stereocenters. The molecule has 0 aliphatic carbocycles. The zero-order valence-electron chi connectivity index (χ0n) is 18.6. The summed E-state index contributed by atoms with van der Waals surface area (Å²) in [6.45, 7) is 0.0855. The second-order valence-electron chi connectivity index (χ2n) is 8.49. The molecule has 1 aliphatic rings. The smallest absolute Gasteiger partial charge is 0.251 e. The highest BCUT2D eigenvalue weighted by atomic mass is 35.5. The summed E-state index contributed by atoms with van der Waals surface area (Å²) in [5.41, 5.74) is 5.37. The van der Waals surface area contributed by atoms with Crippen LogP contribution >= 0.6 is 11.6 Å². The lowest BCUT2D eigenvalue weighted by Gasteiger charge is -2.35. The van der Waals surface area contributed by atoms with E-state index in [0.29, 0.717) is 17.0 Å². The minimum Gasteiger partial charge on any atom is -0.508 e. The molecular formula is C26H23ClFN3O4. The van der Waals surface area contributed by atoms with Crippen LogP contribution in [-0.4, -0.2) is 35.8 Å². The highest BCUT2D eigenvalue weighted by molar-refractivity contribution is 6.30. The topological polar surface area (TPSA) is 122 Å². The number of hydrogen-bond acceptors (Lipinski definition) is 5. The molecule has 0 fully saturated rings. The quantitative estimate of drug-likeness (QED) is 0.374. The molecule has 7 nitrogen and oxygen atoms in total. The van der Waals surface area contributed by atoms with Crippen molar-refractivity contribution in [1.29, 1.82) is 0 Å². The fourth-order valence-electron chi connectivity index (χ4n) is 4.14. The predicted molar refractivity (Wildman–Crippen MR) is 130 cm³/mol. The molecule has 1 aliphatic heterocycles. The Hall–Kier alpha value is -3.91. The van der Waals surface area contributed by atoms with Gasteiger partial charge in [-0.05, 0) is 60.4 Å². The number of Topliss-reactive ketones (excluding diaryl/α,β-unsaturated/α-hetero) is 1. The second-order valence-corrected chi connectivity index (χ2v) is 8.92. The van der Waals surface area contributed by atoms with Crippen molar-refractivity contribution in [3.05, 3.63) is 93.8 Å². The number of anilines is 1. The van der Waals surface area contributed by atoms with Crippen LogP contribution in [0.5, 0.6) is 5.75 Å². The van der Waals surface area contributed by atoms with Crippen LogP contribution < -0.4 is 16.4 Å². The number of benzene rings is 3. The maximum Gasteiger partial charge on any atom is 0.251 e. The maximum atomic E-state index is 14.9. The number of ketones is 1. The summed E-state index contributed by atoms with van der Waals surface area (Å²) in [4.78, 5) is 38.7. The standard InChI is InChI=1S/C26H23ClFN3O4/c27-18-5-1-16(2-6-18)13-26(25(29)35)14-31-22-20(23(26)33)11-17(12-21(22)28)24(34)30-10-9-15-3-7-19(32)8-4-15/h1-8,11-12,31-32H,9-10,13-14H2,(H2,29,35)(H,30,34). The largest absolute Gasteiger partial charge is 0.508 e. The van der Waals surface area contributed by atoms with E-state index in [1.165, 1.54) is 6.07 Å². The molecule has 9 heteroatoms. The van der Waals surface area contributed by atoms with E-state index in [1.807, 2.05) is 0 Å². The van der Waals surface area contributed by atoms with Gasteiger partial charge in [0.05, 0.1) is 5.69 Å². The van der Waals surface area contributed by atoms with Crippen LogP contribution in [0.25, 0.3) is 0 Å². The third-order valence-electron chi connectivity index (χ3n) is 6.13. The number of carbonyl (C=O) groups excluding carboxylic acids is 3. The number of amides is 2. The lowest BCUT2D eigenvalue weighted by Crippen LogP contribution is -2.53. The van der Waals surface area contributed by atoms with Gasteiger partial charge >= 0.3 is 0 Å². The molecule has 0 saturated carbocycles. The van der Waals surface area contributed by atoms with E-state index in [2.05, 4.69) is 10.6 Å². The van der Waals surface area contributed by atoms with Crippen molar-refractivity contribution < 1.29 is 23.9 Å². The number of hydrogen-bond donors (Lipinski definition) is 4. The van der Waals surface area contributed by atoms with Crippen LogP contribution in [0.2, 0.25) is 5.02 Å². The molecular weight excluding hydrogens is 473 g/mol. The number of phenols is 1. The van der Waals surface area contributed by atoms with Crippen molar-refractivity contribution in [2.75, 3.05) is 18.4 Å². The normalized spacial score (nSPS) is 16.8. The Kier molecular flexibility index (Phi) is 6.75. The molecule has 0 saturated heterocycles. The predicted octanol–water partition coefficient (Wildman–Crippen LogP) is 3.48. The van der Waals surface area contributed by atoms with Crippen LogP contribution in [0.4, 0.5) is 10.1 Å². The SMILES string of the molecule is NC(=O)C1(Cc2ccc(Cl)cc2)CNc2c(F)cc(C(=O)NCCc3ccc(O)cc3)cc2C1=O. The minimum absolute atomic E-state index is 0.00452. The van der Waals surface area contributed by atoms with Crippen molar-refractivity contribution in [1.82, 2.24) is 5.32 Å². The number of primary amides is 1. The molecule has 1 heterocycles. The molecule has 4 rings (SSSR count). The van der Waals surface area contributed by atoms with Crippen molar-refractivity contribution in [3.63, 3.8) is 0 Å². The molecule has 3 aromatic carbocycles. The van der Waals surface area contributed by atoms with E-state index in [-0.39, 0.29) is 42.1 Å². The van der Waals surface area contributed by atoms with E-state index in [0.717, 1.165) is 11.6 Å². The van der Waals surface area contributed by atoms with E-state index in [4.69, 9.17) is 17.3 Å².